The van der Waals surface area contributed by atoms with E-state index in [4.69, 9.17) is 11.6 Å². The molecular formula is C15H26ClNS. The number of hydrogen-bond acceptors (Lipinski definition) is 2. The summed E-state index contributed by atoms with van der Waals surface area (Å²) in [4.78, 5) is 1.40. The number of hydrogen-bond donors (Lipinski definition) is 1. The standard InChI is InChI=1S/C15H26ClNS/c1-3-5-6-7-8-9-13(17-4-2)12-14-10-11-15(16)18-14/h10-11,13,17H,3-9,12H2,1-2H3. The highest BCUT2D eigenvalue weighted by atomic mass is 35.5. The molecule has 0 bridgehead atoms. The van der Waals surface area contributed by atoms with Crippen molar-refractivity contribution >= 4 is 22.9 Å². The number of halogens is 1. The van der Waals surface area contributed by atoms with Crippen molar-refractivity contribution in [3.63, 3.8) is 0 Å². The smallest absolute Gasteiger partial charge is 0.0931 e. The first kappa shape index (κ1) is 16.0. The largest absolute Gasteiger partial charge is 0.314 e. The topological polar surface area (TPSA) is 12.0 Å². The van der Waals surface area contributed by atoms with Crippen LogP contribution in [0.1, 0.15) is 57.2 Å². The van der Waals surface area contributed by atoms with Gasteiger partial charge in [0.1, 0.15) is 0 Å². The Labute approximate surface area is 121 Å². The van der Waals surface area contributed by atoms with E-state index in [1.54, 1.807) is 11.3 Å². The third-order valence-corrected chi connectivity index (χ3v) is 4.48. The Morgan fingerprint density at radius 1 is 1.17 bits per heavy atom. The van der Waals surface area contributed by atoms with Gasteiger partial charge in [-0.3, -0.25) is 0 Å². The second-order valence-electron chi connectivity index (χ2n) is 4.87. The number of thiophene rings is 1. The average molecular weight is 288 g/mol. The molecule has 1 nitrogen and oxygen atoms in total. The number of likely N-dealkylation sites (N-methyl/N-ethyl adjacent to an activating group) is 1. The van der Waals surface area contributed by atoms with Gasteiger partial charge in [0.15, 0.2) is 0 Å². The summed E-state index contributed by atoms with van der Waals surface area (Å²) < 4.78 is 0.906. The highest BCUT2D eigenvalue weighted by Gasteiger charge is 2.09. The molecule has 1 N–H and O–H groups in total. The molecule has 0 radical (unpaired) electrons. The Morgan fingerprint density at radius 2 is 1.94 bits per heavy atom. The molecule has 0 aliphatic heterocycles. The molecule has 0 fully saturated rings. The molecule has 1 aromatic heterocycles. The average Bonchev–Trinajstić information content (AvgIpc) is 2.75. The molecule has 0 saturated carbocycles. The van der Waals surface area contributed by atoms with E-state index in [2.05, 4.69) is 25.2 Å². The molecular weight excluding hydrogens is 262 g/mol. The van der Waals surface area contributed by atoms with Crippen molar-refractivity contribution in [1.29, 1.82) is 0 Å². The van der Waals surface area contributed by atoms with E-state index in [-0.39, 0.29) is 0 Å². The molecule has 1 aromatic rings. The molecule has 0 saturated heterocycles. The minimum atomic E-state index is 0.617. The van der Waals surface area contributed by atoms with Crippen LogP contribution in [0.5, 0.6) is 0 Å². The fraction of sp³-hybridized carbons (Fsp3) is 0.733. The molecule has 3 heteroatoms. The Hall–Kier alpha value is -0.0500. The van der Waals surface area contributed by atoms with Crippen molar-refractivity contribution in [2.45, 2.75) is 64.8 Å². The van der Waals surface area contributed by atoms with Crippen LogP contribution in [0.15, 0.2) is 12.1 Å². The molecule has 104 valence electrons. The zero-order chi connectivity index (χ0) is 13.2. The molecule has 1 rings (SSSR count). The summed E-state index contributed by atoms with van der Waals surface area (Å²) in [5.74, 6) is 0. The van der Waals surface area contributed by atoms with E-state index >= 15 is 0 Å². The Balaban J connectivity index is 2.26. The first-order valence-electron chi connectivity index (χ1n) is 7.23. The molecule has 0 aliphatic rings. The zero-order valence-electron chi connectivity index (χ0n) is 11.7. The zero-order valence-corrected chi connectivity index (χ0v) is 13.2. The van der Waals surface area contributed by atoms with Gasteiger partial charge >= 0.3 is 0 Å². The maximum absolute atomic E-state index is 5.98. The molecule has 0 aliphatic carbocycles. The van der Waals surface area contributed by atoms with Gasteiger partial charge in [-0.15, -0.1) is 11.3 Å². The molecule has 1 unspecified atom stereocenters. The van der Waals surface area contributed by atoms with Crippen molar-refractivity contribution in [3.8, 4) is 0 Å². The second kappa shape index (κ2) is 9.82. The lowest BCUT2D eigenvalue weighted by molar-refractivity contribution is 0.463. The SMILES string of the molecule is CCCCCCCC(Cc1ccc(Cl)s1)NCC. The fourth-order valence-corrected chi connectivity index (χ4v) is 3.43. The van der Waals surface area contributed by atoms with Crippen molar-refractivity contribution < 1.29 is 0 Å². The maximum Gasteiger partial charge on any atom is 0.0931 e. The minimum absolute atomic E-state index is 0.617. The highest BCUT2D eigenvalue weighted by molar-refractivity contribution is 7.16. The van der Waals surface area contributed by atoms with Gasteiger partial charge in [0.25, 0.3) is 0 Å². The van der Waals surface area contributed by atoms with E-state index < -0.39 is 0 Å². The highest BCUT2D eigenvalue weighted by Crippen LogP contribution is 2.23. The third kappa shape index (κ3) is 6.77. The molecule has 1 heterocycles. The van der Waals surface area contributed by atoms with Gasteiger partial charge in [0, 0.05) is 10.9 Å². The van der Waals surface area contributed by atoms with Crippen molar-refractivity contribution in [2.24, 2.45) is 0 Å². The van der Waals surface area contributed by atoms with Gasteiger partial charge < -0.3 is 5.32 Å². The van der Waals surface area contributed by atoms with Crippen molar-refractivity contribution in [1.82, 2.24) is 5.32 Å². The lowest BCUT2D eigenvalue weighted by atomic mass is 10.0. The monoisotopic (exact) mass is 287 g/mol. The van der Waals surface area contributed by atoms with Crippen LogP contribution >= 0.6 is 22.9 Å². The summed E-state index contributed by atoms with van der Waals surface area (Å²) in [5, 5.41) is 3.59. The Morgan fingerprint density at radius 3 is 2.56 bits per heavy atom. The van der Waals surface area contributed by atoms with E-state index in [0.717, 1.165) is 17.3 Å². The van der Waals surface area contributed by atoms with Crippen LogP contribution in [0, 0.1) is 0 Å². The molecule has 1 atom stereocenters. The first-order chi connectivity index (χ1) is 8.76. The number of rotatable bonds is 10. The Bertz CT molecular complexity index is 311. The Kier molecular flexibility index (Phi) is 8.74. The van der Waals surface area contributed by atoms with Crippen LogP contribution in [0.3, 0.4) is 0 Å². The predicted molar refractivity (Wildman–Crippen MR) is 83.9 cm³/mol. The van der Waals surface area contributed by atoms with E-state index in [0.29, 0.717) is 6.04 Å². The van der Waals surface area contributed by atoms with Gasteiger partial charge in [0.05, 0.1) is 4.34 Å². The maximum atomic E-state index is 5.98. The van der Waals surface area contributed by atoms with Crippen LogP contribution in [0.2, 0.25) is 4.34 Å². The summed E-state index contributed by atoms with van der Waals surface area (Å²) >= 11 is 7.70. The number of nitrogens with one attached hydrogen (secondary N) is 1. The van der Waals surface area contributed by atoms with E-state index in [1.807, 2.05) is 6.07 Å². The summed E-state index contributed by atoms with van der Waals surface area (Å²) in [6.45, 7) is 5.51. The van der Waals surface area contributed by atoms with E-state index in [1.165, 1.54) is 43.4 Å². The minimum Gasteiger partial charge on any atom is -0.314 e. The van der Waals surface area contributed by atoms with Gasteiger partial charge in [-0.05, 0) is 31.5 Å². The van der Waals surface area contributed by atoms with Crippen LogP contribution in [-0.4, -0.2) is 12.6 Å². The van der Waals surface area contributed by atoms with Crippen LogP contribution in [0.25, 0.3) is 0 Å². The molecule has 18 heavy (non-hydrogen) atoms. The van der Waals surface area contributed by atoms with Crippen LogP contribution in [0.4, 0.5) is 0 Å². The summed E-state index contributed by atoms with van der Waals surface area (Å²) in [6.07, 6.45) is 9.22. The van der Waals surface area contributed by atoms with Gasteiger partial charge in [0.2, 0.25) is 0 Å². The molecule has 0 amide bonds. The van der Waals surface area contributed by atoms with Gasteiger partial charge in [-0.25, -0.2) is 0 Å². The summed E-state index contributed by atoms with van der Waals surface area (Å²) in [7, 11) is 0. The molecule has 0 spiro atoms. The second-order valence-corrected chi connectivity index (χ2v) is 6.67. The van der Waals surface area contributed by atoms with Crippen LogP contribution < -0.4 is 5.32 Å². The summed E-state index contributed by atoms with van der Waals surface area (Å²) in [5.41, 5.74) is 0. The first-order valence-corrected chi connectivity index (χ1v) is 8.43. The van der Waals surface area contributed by atoms with Crippen molar-refractivity contribution in [2.75, 3.05) is 6.54 Å². The molecule has 0 aromatic carbocycles. The van der Waals surface area contributed by atoms with Gasteiger partial charge in [-0.1, -0.05) is 57.6 Å². The number of unbranched alkanes of at least 4 members (excludes halogenated alkanes) is 4. The lowest BCUT2D eigenvalue weighted by Crippen LogP contribution is -2.30. The lowest BCUT2D eigenvalue weighted by Gasteiger charge is -2.17. The normalized spacial score (nSPS) is 12.8. The summed E-state index contributed by atoms with van der Waals surface area (Å²) in [6, 6.07) is 4.78. The van der Waals surface area contributed by atoms with Crippen LogP contribution in [-0.2, 0) is 6.42 Å². The predicted octanol–water partition coefficient (Wildman–Crippen LogP) is 5.28. The third-order valence-electron chi connectivity index (χ3n) is 3.23. The van der Waals surface area contributed by atoms with E-state index in [9.17, 15) is 0 Å². The van der Waals surface area contributed by atoms with Crippen molar-refractivity contribution in [3.05, 3.63) is 21.3 Å². The van der Waals surface area contributed by atoms with Gasteiger partial charge in [-0.2, -0.15) is 0 Å². The fourth-order valence-electron chi connectivity index (χ4n) is 2.26. The quantitative estimate of drug-likeness (QED) is 0.577.